The summed E-state index contributed by atoms with van der Waals surface area (Å²) in [5, 5.41) is 9.19. The fraction of sp³-hybridized carbons (Fsp3) is 0.667. The third-order valence-electron chi connectivity index (χ3n) is 7.27. The summed E-state index contributed by atoms with van der Waals surface area (Å²) in [6.07, 6.45) is 4.05. The zero-order valence-corrected chi connectivity index (χ0v) is 18.0. The van der Waals surface area contributed by atoms with E-state index >= 15 is 0 Å². The lowest BCUT2D eigenvalue weighted by atomic mass is 9.61. The summed E-state index contributed by atoms with van der Waals surface area (Å²) in [6, 6.07) is 10.6. The Morgan fingerprint density at radius 2 is 2.13 bits per heavy atom. The van der Waals surface area contributed by atoms with Gasteiger partial charge in [0.25, 0.3) is 0 Å². The number of morpholine rings is 1. The number of esters is 1. The third-order valence-corrected chi connectivity index (χ3v) is 7.27. The van der Waals surface area contributed by atoms with Crippen molar-refractivity contribution in [2.24, 2.45) is 11.3 Å². The summed E-state index contributed by atoms with van der Waals surface area (Å²) in [5.41, 5.74) is 1.42. The molecule has 6 heteroatoms. The van der Waals surface area contributed by atoms with Gasteiger partial charge in [0.15, 0.2) is 0 Å². The van der Waals surface area contributed by atoms with Crippen LogP contribution in [-0.4, -0.2) is 67.8 Å². The number of nitriles is 1. The highest BCUT2D eigenvalue weighted by atomic mass is 16.5. The number of carbonyl (C=O) groups is 1. The molecule has 0 amide bonds. The standard InChI is InChI=1S/C24H33N3O3/c1-2-30-23(28)24-8-6-22(27-10-12-29-13-11-27)15-21(24)7-9-26(18-24)17-20-5-3-4-19(14-20)16-25/h3-5,14,21-22H,2,6-13,15,17-18H2,1H3/t21-,22+,24-/m1/s1. The molecule has 1 aromatic carbocycles. The van der Waals surface area contributed by atoms with Crippen LogP contribution in [0.3, 0.4) is 0 Å². The van der Waals surface area contributed by atoms with Crippen LogP contribution in [0, 0.1) is 22.7 Å². The van der Waals surface area contributed by atoms with Gasteiger partial charge in [-0.05, 0) is 62.8 Å². The second kappa shape index (κ2) is 9.47. The first-order valence-corrected chi connectivity index (χ1v) is 11.3. The molecule has 0 radical (unpaired) electrons. The number of hydrogen-bond donors (Lipinski definition) is 0. The van der Waals surface area contributed by atoms with E-state index in [4.69, 9.17) is 9.47 Å². The molecule has 1 aliphatic carbocycles. The molecule has 1 saturated carbocycles. The summed E-state index contributed by atoms with van der Waals surface area (Å²) in [6.45, 7) is 8.49. The summed E-state index contributed by atoms with van der Waals surface area (Å²) in [4.78, 5) is 18.2. The molecular formula is C24H33N3O3. The number of likely N-dealkylation sites (tertiary alicyclic amines) is 1. The van der Waals surface area contributed by atoms with Gasteiger partial charge in [0.2, 0.25) is 0 Å². The van der Waals surface area contributed by atoms with Crippen molar-refractivity contribution in [2.75, 3.05) is 46.0 Å². The molecule has 3 fully saturated rings. The number of nitrogens with zero attached hydrogens (tertiary/aromatic N) is 3. The fourth-order valence-corrected chi connectivity index (χ4v) is 5.73. The highest BCUT2D eigenvalue weighted by molar-refractivity contribution is 5.78. The van der Waals surface area contributed by atoms with Crippen molar-refractivity contribution in [2.45, 2.75) is 45.2 Å². The molecule has 0 spiro atoms. The van der Waals surface area contributed by atoms with Gasteiger partial charge in [0, 0.05) is 32.2 Å². The molecular weight excluding hydrogens is 378 g/mol. The Morgan fingerprint density at radius 3 is 2.90 bits per heavy atom. The predicted molar refractivity (Wildman–Crippen MR) is 114 cm³/mol. The molecule has 3 aliphatic rings. The summed E-state index contributed by atoms with van der Waals surface area (Å²) in [7, 11) is 0. The monoisotopic (exact) mass is 411 g/mol. The van der Waals surface area contributed by atoms with Crippen molar-refractivity contribution in [3.63, 3.8) is 0 Å². The highest BCUT2D eigenvalue weighted by Crippen LogP contribution is 2.48. The first-order chi connectivity index (χ1) is 14.6. The molecule has 4 rings (SSSR count). The number of piperidine rings is 1. The lowest BCUT2D eigenvalue weighted by molar-refractivity contribution is -0.170. The summed E-state index contributed by atoms with van der Waals surface area (Å²) < 4.78 is 11.1. The van der Waals surface area contributed by atoms with Gasteiger partial charge in [-0.25, -0.2) is 0 Å². The molecule has 0 unspecified atom stereocenters. The van der Waals surface area contributed by atoms with Crippen molar-refractivity contribution < 1.29 is 14.3 Å². The zero-order valence-electron chi connectivity index (χ0n) is 18.0. The molecule has 0 bridgehead atoms. The molecule has 30 heavy (non-hydrogen) atoms. The van der Waals surface area contributed by atoms with Crippen molar-refractivity contribution >= 4 is 5.97 Å². The molecule has 0 aromatic heterocycles. The second-order valence-electron chi connectivity index (χ2n) is 8.96. The highest BCUT2D eigenvalue weighted by Gasteiger charge is 2.53. The Hall–Kier alpha value is -1.94. The third kappa shape index (κ3) is 4.39. The fourth-order valence-electron chi connectivity index (χ4n) is 5.73. The maximum absolute atomic E-state index is 13.2. The number of carbonyl (C=O) groups excluding carboxylic acids is 1. The van der Waals surface area contributed by atoms with Crippen molar-refractivity contribution in [3.05, 3.63) is 35.4 Å². The quantitative estimate of drug-likeness (QED) is 0.694. The van der Waals surface area contributed by atoms with Gasteiger partial charge in [-0.15, -0.1) is 0 Å². The smallest absolute Gasteiger partial charge is 0.313 e. The molecule has 1 aromatic rings. The SMILES string of the molecule is CCOC(=O)[C@@]12CC[C@H](N3CCOCC3)C[C@H]1CCN(Cc1cccc(C#N)c1)C2. The number of benzene rings is 1. The van der Waals surface area contributed by atoms with Crippen LogP contribution in [-0.2, 0) is 20.8 Å². The van der Waals surface area contributed by atoms with E-state index in [1.165, 1.54) is 0 Å². The van der Waals surface area contributed by atoms with Gasteiger partial charge in [-0.1, -0.05) is 12.1 Å². The Labute approximate surface area is 179 Å². The number of ether oxygens (including phenoxy) is 2. The minimum Gasteiger partial charge on any atom is -0.466 e. The van der Waals surface area contributed by atoms with Gasteiger partial charge < -0.3 is 9.47 Å². The normalized spacial score (nSPS) is 30.3. The average molecular weight is 412 g/mol. The van der Waals surface area contributed by atoms with E-state index < -0.39 is 5.41 Å². The van der Waals surface area contributed by atoms with Crippen LogP contribution in [0.1, 0.15) is 43.7 Å². The van der Waals surface area contributed by atoms with Crippen LogP contribution in [0.15, 0.2) is 24.3 Å². The molecule has 6 nitrogen and oxygen atoms in total. The maximum Gasteiger partial charge on any atom is 0.313 e. The lowest BCUT2D eigenvalue weighted by Gasteiger charge is -2.52. The Bertz CT molecular complexity index is 786. The van der Waals surface area contributed by atoms with E-state index in [0.717, 1.165) is 77.2 Å². The van der Waals surface area contributed by atoms with Crippen molar-refractivity contribution in [1.29, 1.82) is 5.26 Å². The van der Waals surface area contributed by atoms with Crippen LogP contribution in [0.25, 0.3) is 0 Å². The predicted octanol–water partition coefficient (Wildman–Crippen LogP) is 2.81. The molecule has 162 valence electrons. The minimum atomic E-state index is -0.399. The zero-order chi connectivity index (χ0) is 21.0. The van der Waals surface area contributed by atoms with Gasteiger partial charge in [-0.3, -0.25) is 14.6 Å². The Balaban J connectivity index is 1.49. The van der Waals surface area contributed by atoms with Gasteiger partial charge in [0.1, 0.15) is 0 Å². The lowest BCUT2D eigenvalue weighted by Crippen LogP contribution is -2.58. The number of fused-ring (bicyclic) bond motifs is 1. The van der Waals surface area contributed by atoms with Crippen molar-refractivity contribution in [1.82, 2.24) is 9.80 Å². The Morgan fingerprint density at radius 1 is 1.30 bits per heavy atom. The number of hydrogen-bond acceptors (Lipinski definition) is 6. The van der Waals surface area contributed by atoms with E-state index in [-0.39, 0.29) is 5.97 Å². The van der Waals surface area contributed by atoms with E-state index in [9.17, 15) is 10.1 Å². The maximum atomic E-state index is 13.2. The van der Waals surface area contributed by atoms with Crippen molar-refractivity contribution in [3.8, 4) is 6.07 Å². The molecule has 2 saturated heterocycles. The molecule has 3 atom stereocenters. The van der Waals surface area contributed by atoms with Gasteiger partial charge in [-0.2, -0.15) is 5.26 Å². The van der Waals surface area contributed by atoms with E-state index in [0.29, 0.717) is 24.1 Å². The topological polar surface area (TPSA) is 65.8 Å². The summed E-state index contributed by atoms with van der Waals surface area (Å²) in [5.74, 6) is 0.366. The van der Waals surface area contributed by atoms with Crippen LogP contribution in [0.4, 0.5) is 0 Å². The van der Waals surface area contributed by atoms with Gasteiger partial charge >= 0.3 is 5.97 Å². The minimum absolute atomic E-state index is 0.00842. The first-order valence-electron chi connectivity index (χ1n) is 11.3. The van der Waals surface area contributed by atoms with Crippen LogP contribution in [0.5, 0.6) is 0 Å². The van der Waals surface area contributed by atoms with Gasteiger partial charge in [0.05, 0.1) is 36.9 Å². The summed E-state index contributed by atoms with van der Waals surface area (Å²) >= 11 is 0. The first kappa shape index (κ1) is 21.3. The van der Waals surface area contributed by atoms with E-state index in [2.05, 4.69) is 21.9 Å². The molecule has 0 N–H and O–H groups in total. The van der Waals surface area contributed by atoms with Crippen LogP contribution >= 0.6 is 0 Å². The number of rotatable bonds is 5. The molecule has 2 heterocycles. The van der Waals surface area contributed by atoms with E-state index in [1.807, 2.05) is 25.1 Å². The molecule has 2 aliphatic heterocycles. The van der Waals surface area contributed by atoms with Crippen LogP contribution < -0.4 is 0 Å². The van der Waals surface area contributed by atoms with Crippen LogP contribution in [0.2, 0.25) is 0 Å². The average Bonchev–Trinajstić information content (AvgIpc) is 2.79. The van der Waals surface area contributed by atoms with E-state index in [1.54, 1.807) is 0 Å². The Kier molecular flexibility index (Phi) is 6.72. The largest absolute Gasteiger partial charge is 0.466 e. The second-order valence-corrected chi connectivity index (χ2v) is 8.96.